The maximum atomic E-state index is 12.6. The second-order valence-electron chi connectivity index (χ2n) is 5.27. The Morgan fingerprint density at radius 1 is 1.15 bits per heavy atom. The molecule has 1 amide bonds. The van der Waals surface area contributed by atoms with Crippen LogP contribution in [0.3, 0.4) is 0 Å². The summed E-state index contributed by atoms with van der Waals surface area (Å²) in [7, 11) is 0. The predicted molar refractivity (Wildman–Crippen MR) is 77.1 cm³/mol. The van der Waals surface area contributed by atoms with E-state index in [1.54, 1.807) is 0 Å². The van der Waals surface area contributed by atoms with E-state index in [-0.39, 0.29) is 5.91 Å². The van der Waals surface area contributed by atoms with Crippen molar-refractivity contribution in [3.63, 3.8) is 0 Å². The monoisotopic (exact) mass is 265 g/mol. The number of nitrogens with zero attached hydrogens (tertiary/aromatic N) is 1. The maximum absolute atomic E-state index is 12.6. The summed E-state index contributed by atoms with van der Waals surface area (Å²) < 4.78 is 0. The number of carbonyl (C=O) groups excluding carboxylic acids is 1. The van der Waals surface area contributed by atoms with Gasteiger partial charge in [-0.05, 0) is 23.8 Å². The molecule has 2 aromatic carbocycles. The highest BCUT2D eigenvalue weighted by Crippen LogP contribution is 2.44. The molecule has 4 heteroatoms. The summed E-state index contributed by atoms with van der Waals surface area (Å²) in [6, 6.07) is 15.6. The second kappa shape index (κ2) is 3.84. The minimum Gasteiger partial charge on any atom is -0.399 e. The first-order valence-electron chi connectivity index (χ1n) is 6.76. The third-order valence-electron chi connectivity index (χ3n) is 4.22. The van der Waals surface area contributed by atoms with Crippen LogP contribution in [0, 0.1) is 0 Å². The zero-order valence-corrected chi connectivity index (χ0v) is 11.0. The molecule has 1 atom stereocenters. The van der Waals surface area contributed by atoms with Crippen molar-refractivity contribution in [1.29, 1.82) is 0 Å². The molecule has 0 saturated carbocycles. The van der Waals surface area contributed by atoms with Gasteiger partial charge in [0.15, 0.2) is 0 Å². The number of carbonyl (C=O) groups is 1. The summed E-state index contributed by atoms with van der Waals surface area (Å²) in [6.07, 6.45) is 0. The number of benzene rings is 2. The molecule has 0 bridgehead atoms. The molecule has 2 aliphatic heterocycles. The fourth-order valence-corrected chi connectivity index (χ4v) is 3.41. The molecular formula is C16H15N3O. The van der Waals surface area contributed by atoms with Crippen molar-refractivity contribution < 1.29 is 4.79 Å². The molecule has 2 heterocycles. The van der Waals surface area contributed by atoms with Crippen molar-refractivity contribution in [2.75, 3.05) is 18.8 Å². The predicted octanol–water partition coefficient (Wildman–Crippen LogP) is 1.53. The van der Waals surface area contributed by atoms with Gasteiger partial charge in [-0.25, -0.2) is 0 Å². The largest absolute Gasteiger partial charge is 0.399 e. The molecule has 0 aromatic heterocycles. The molecule has 2 aromatic rings. The number of fused-ring (bicyclic) bond motifs is 3. The van der Waals surface area contributed by atoms with Crippen LogP contribution in [-0.4, -0.2) is 23.9 Å². The molecule has 2 aliphatic rings. The standard InChI is InChI=1S/C16H15N3O/c17-12-5-3-4-11(10-12)16-14-7-2-1-6-13(14)15(20)19(16)9-8-18-16/h1-7,10,18H,8-9,17H2. The van der Waals surface area contributed by atoms with Crippen LogP contribution >= 0.6 is 0 Å². The third-order valence-corrected chi connectivity index (χ3v) is 4.22. The van der Waals surface area contributed by atoms with Gasteiger partial charge in [0.05, 0.1) is 0 Å². The van der Waals surface area contributed by atoms with Crippen LogP contribution in [-0.2, 0) is 5.66 Å². The van der Waals surface area contributed by atoms with Crippen LogP contribution in [0.25, 0.3) is 0 Å². The Bertz CT molecular complexity index is 712. The highest BCUT2D eigenvalue weighted by molar-refractivity contribution is 6.01. The lowest BCUT2D eigenvalue weighted by Gasteiger charge is -2.33. The molecule has 3 N–H and O–H groups in total. The minimum atomic E-state index is -0.553. The molecule has 1 unspecified atom stereocenters. The van der Waals surface area contributed by atoms with E-state index >= 15 is 0 Å². The van der Waals surface area contributed by atoms with Gasteiger partial charge in [0.1, 0.15) is 5.66 Å². The van der Waals surface area contributed by atoms with Crippen molar-refractivity contribution >= 4 is 11.6 Å². The number of amides is 1. The van der Waals surface area contributed by atoms with Crippen molar-refractivity contribution in [2.24, 2.45) is 0 Å². The lowest BCUT2D eigenvalue weighted by Crippen LogP contribution is -2.46. The number of nitrogens with one attached hydrogen (secondary N) is 1. The smallest absolute Gasteiger partial charge is 0.256 e. The average molecular weight is 265 g/mol. The molecule has 0 radical (unpaired) electrons. The van der Waals surface area contributed by atoms with E-state index in [4.69, 9.17) is 5.73 Å². The number of anilines is 1. The zero-order valence-electron chi connectivity index (χ0n) is 11.0. The van der Waals surface area contributed by atoms with Crippen molar-refractivity contribution in [2.45, 2.75) is 5.66 Å². The number of nitrogen functional groups attached to an aromatic ring is 1. The Morgan fingerprint density at radius 3 is 2.85 bits per heavy atom. The molecule has 4 nitrogen and oxygen atoms in total. The molecule has 4 rings (SSSR count). The fourth-order valence-electron chi connectivity index (χ4n) is 3.41. The summed E-state index contributed by atoms with van der Waals surface area (Å²) in [4.78, 5) is 14.5. The minimum absolute atomic E-state index is 0.0908. The van der Waals surface area contributed by atoms with E-state index in [0.717, 1.165) is 23.2 Å². The lowest BCUT2D eigenvalue weighted by molar-refractivity contribution is 0.0694. The Balaban J connectivity index is 2.01. The van der Waals surface area contributed by atoms with Gasteiger partial charge in [0.25, 0.3) is 5.91 Å². The highest BCUT2D eigenvalue weighted by atomic mass is 16.2. The van der Waals surface area contributed by atoms with Gasteiger partial charge in [-0.2, -0.15) is 0 Å². The van der Waals surface area contributed by atoms with Crippen LogP contribution in [0.4, 0.5) is 5.69 Å². The molecule has 0 spiro atoms. The Labute approximate surface area is 117 Å². The van der Waals surface area contributed by atoms with E-state index in [1.807, 2.05) is 53.4 Å². The normalized spacial score (nSPS) is 23.8. The molecule has 1 fully saturated rings. The first-order chi connectivity index (χ1) is 9.73. The Morgan fingerprint density at radius 2 is 2.00 bits per heavy atom. The van der Waals surface area contributed by atoms with Gasteiger partial charge >= 0.3 is 0 Å². The van der Waals surface area contributed by atoms with Gasteiger partial charge in [-0.3, -0.25) is 10.1 Å². The first kappa shape index (κ1) is 11.5. The zero-order chi connectivity index (χ0) is 13.7. The molecule has 0 aliphatic carbocycles. The summed E-state index contributed by atoms with van der Waals surface area (Å²) >= 11 is 0. The summed E-state index contributed by atoms with van der Waals surface area (Å²) in [5.74, 6) is 0.0908. The Kier molecular flexibility index (Phi) is 2.20. The van der Waals surface area contributed by atoms with E-state index in [1.165, 1.54) is 0 Å². The van der Waals surface area contributed by atoms with Crippen LogP contribution in [0.5, 0.6) is 0 Å². The van der Waals surface area contributed by atoms with Crippen LogP contribution in [0.2, 0.25) is 0 Å². The second-order valence-corrected chi connectivity index (χ2v) is 5.27. The average Bonchev–Trinajstić information content (AvgIpc) is 3.00. The van der Waals surface area contributed by atoms with Crippen LogP contribution in [0.15, 0.2) is 48.5 Å². The summed E-state index contributed by atoms with van der Waals surface area (Å²) in [5, 5.41) is 3.51. The third kappa shape index (κ3) is 1.26. The van der Waals surface area contributed by atoms with Crippen LogP contribution in [0.1, 0.15) is 21.5 Å². The lowest BCUT2D eigenvalue weighted by atomic mass is 9.91. The van der Waals surface area contributed by atoms with E-state index < -0.39 is 5.66 Å². The maximum Gasteiger partial charge on any atom is 0.256 e. The number of hydrogen-bond acceptors (Lipinski definition) is 3. The number of nitrogens with two attached hydrogens (primary N) is 1. The van der Waals surface area contributed by atoms with Crippen molar-refractivity contribution in [1.82, 2.24) is 10.2 Å². The van der Waals surface area contributed by atoms with Crippen molar-refractivity contribution in [3.05, 3.63) is 65.2 Å². The summed E-state index contributed by atoms with van der Waals surface area (Å²) in [6.45, 7) is 1.50. The van der Waals surface area contributed by atoms with Crippen molar-refractivity contribution in [3.8, 4) is 0 Å². The van der Waals surface area contributed by atoms with Crippen LogP contribution < -0.4 is 11.1 Å². The topological polar surface area (TPSA) is 58.4 Å². The highest BCUT2D eigenvalue weighted by Gasteiger charge is 2.53. The first-order valence-corrected chi connectivity index (χ1v) is 6.76. The number of rotatable bonds is 1. The fraction of sp³-hybridized carbons (Fsp3) is 0.188. The van der Waals surface area contributed by atoms with Gasteiger partial charge in [-0.1, -0.05) is 30.3 Å². The Hall–Kier alpha value is -2.33. The summed E-state index contributed by atoms with van der Waals surface area (Å²) in [5.41, 5.74) is 8.91. The quantitative estimate of drug-likeness (QED) is 0.769. The van der Waals surface area contributed by atoms with E-state index in [9.17, 15) is 4.79 Å². The molecule has 20 heavy (non-hydrogen) atoms. The van der Waals surface area contributed by atoms with Gasteiger partial charge in [0, 0.05) is 29.9 Å². The van der Waals surface area contributed by atoms with Gasteiger partial charge in [-0.15, -0.1) is 0 Å². The van der Waals surface area contributed by atoms with Gasteiger partial charge in [0.2, 0.25) is 0 Å². The molecule has 1 saturated heterocycles. The molecule has 100 valence electrons. The van der Waals surface area contributed by atoms with Gasteiger partial charge < -0.3 is 10.6 Å². The molecular weight excluding hydrogens is 250 g/mol. The SMILES string of the molecule is Nc1cccc(C23NCCN2C(=O)c2ccccc23)c1. The number of hydrogen-bond donors (Lipinski definition) is 2. The van der Waals surface area contributed by atoms with E-state index in [2.05, 4.69) is 5.32 Å². The van der Waals surface area contributed by atoms with E-state index in [0.29, 0.717) is 12.2 Å².